The Bertz CT molecular complexity index is 479. The number of hydrogen-bond acceptors (Lipinski definition) is 3. The molecule has 1 aliphatic heterocycles. The molecule has 1 aromatic carbocycles. The summed E-state index contributed by atoms with van der Waals surface area (Å²) in [6.45, 7) is 8.95. The highest BCUT2D eigenvalue weighted by molar-refractivity contribution is 5.93. The lowest BCUT2D eigenvalue weighted by molar-refractivity contribution is 0.100. The molecule has 3 N–H and O–H groups in total. The average molecular weight is 275 g/mol. The largest absolute Gasteiger partial charge is 0.381 e. The summed E-state index contributed by atoms with van der Waals surface area (Å²) in [6.07, 6.45) is 2.36. The molecule has 4 nitrogen and oxygen atoms in total. The number of nitrogens with zero attached hydrogens (tertiary/aromatic N) is 1. The Hall–Kier alpha value is -1.55. The van der Waals surface area contributed by atoms with E-state index in [1.807, 2.05) is 18.2 Å². The van der Waals surface area contributed by atoms with E-state index in [2.05, 4.69) is 31.0 Å². The fourth-order valence-corrected chi connectivity index (χ4v) is 2.70. The summed E-state index contributed by atoms with van der Waals surface area (Å²) in [5.74, 6) is -0.381. The van der Waals surface area contributed by atoms with Gasteiger partial charge in [-0.25, -0.2) is 0 Å². The van der Waals surface area contributed by atoms with Crippen molar-refractivity contribution < 1.29 is 4.79 Å². The van der Waals surface area contributed by atoms with E-state index in [9.17, 15) is 4.79 Å². The summed E-state index contributed by atoms with van der Waals surface area (Å²) in [5, 5.41) is 3.53. The Kier molecular flexibility index (Phi) is 4.33. The van der Waals surface area contributed by atoms with Gasteiger partial charge in [0.15, 0.2) is 0 Å². The van der Waals surface area contributed by atoms with Gasteiger partial charge in [-0.15, -0.1) is 0 Å². The minimum atomic E-state index is -0.381. The van der Waals surface area contributed by atoms with Crippen molar-refractivity contribution >= 4 is 11.6 Å². The van der Waals surface area contributed by atoms with E-state index in [1.54, 1.807) is 6.07 Å². The lowest BCUT2D eigenvalue weighted by atomic mass is 9.98. The third-order valence-electron chi connectivity index (χ3n) is 3.89. The normalized spacial score (nSPS) is 20.6. The van der Waals surface area contributed by atoms with E-state index in [-0.39, 0.29) is 11.4 Å². The van der Waals surface area contributed by atoms with Gasteiger partial charge in [0.1, 0.15) is 0 Å². The SMILES string of the molecule is CC(C)(C)N1CCCC(Nc2cccc(C(N)=O)c2)C1. The highest BCUT2D eigenvalue weighted by Gasteiger charge is 2.27. The molecular formula is C16H25N3O. The summed E-state index contributed by atoms with van der Waals surface area (Å²) in [4.78, 5) is 13.7. The molecule has 0 aromatic heterocycles. The first-order valence-corrected chi connectivity index (χ1v) is 7.28. The minimum Gasteiger partial charge on any atom is -0.381 e. The van der Waals surface area contributed by atoms with Gasteiger partial charge < -0.3 is 11.1 Å². The molecule has 20 heavy (non-hydrogen) atoms. The second-order valence-corrected chi connectivity index (χ2v) is 6.55. The number of hydrogen-bond donors (Lipinski definition) is 2. The zero-order valence-electron chi connectivity index (χ0n) is 12.6. The number of benzene rings is 1. The summed E-state index contributed by atoms with van der Waals surface area (Å²) >= 11 is 0. The van der Waals surface area contributed by atoms with Crippen LogP contribution in [0.15, 0.2) is 24.3 Å². The van der Waals surface area contributed by atoms with Crippen LogP contribution in [0.2, 0.25) is 0 Å². The molecule has 0 saturated carbocycles. The molecule has 1 amide bonds. The van der Waals surface area contributed by atoms with Gasteiger partial charge in [-0.3, -0.25) is 9.69 Å². The quantitative estimate of drug-likeness (QED) is 0.891. The molecule has 0 radical (unpaired) electrons. The molecule has 2 rings (SSSR count). The minimum absolute atomic E-state index is 0.204. The van der Waals surface area contributed by atoms with Crippen LogP contribution in [-0.4, -0.2) is 35.5 Å². The van der Waals surface area contributed by atoms with Gasteiger partial charge in [0.25, 0.3) is 0 Å². The van der Waals surface area contributed by atoms with Crippen LogP contribution in [0.25, 0.3) is 0 Å². The number of nitrogens with two attached hydrogens (primary N) is 1. The van der Waals surface area contributed by atoms with E-state index in [0.29, 0.717) is 11.6 Å². The number of likely N-dealkylation sites (tertiary alicyclic amines) is 1. The van der Waals surface area contributed by atoms with Gasteiger partial charge in [0, 0.05) is 29.4 Å². The second-order valence-electron chi connectivity index (χ2n) is 6.55. The first-order chi connectivity index (χ1) is 9.36. The van der Waals surface area contributed by atoms with Gasteiger partial charge in [0.2, 0.25) is 5.91 Å². The third-order valence-corrected chi connectivity index (χ3v) is 3.89. The molecule has 1 aliphatic rings. The van der Waals surface area contributed by atoms with Crippen LogP contribution in [0.5, 0.6) is 0 Å². The van der Waals surface area contributed by atoms with Gasteiger partial charge in [-0.1, -0.05) is 6.07 Å². The number of piperidine rings is 1. The van der Waals surface area contributed by atoms with Crippen molar-refractivity contribution in [3.63, 3.8) is 0 Å². The van der Waals surface area contributed by atoms with E-state index in [4.69, 9.17) is 5.73 Å². The molecule has 0 spiro atoms. The van der Waals surface area contributed by atoms with Crippen LogP contribution in [0.3, 0.4) is 0 Å². The lowest BCUT2D eigenvalue weighted by Crippen LogP contribution is -2.50. The van der Waals surface area contributed by atoms with Gasteiger partial charge in [0.05, 0.1) is 0 Å². The average Bonchev–Trinajstić information content (AvgIpc) is 2.38. The van der Waals surface area contributed by atoms with Crippen LogP contribution < -0.4 is 11.1 Å². The van der Waals surface area contributed by atoms with E-state index < -0.39 is 0 Å². The number of amides is 1. The highest BCUT2D eigenvalue weighted by Crippen LogP contribution is 2.22. The number of carbonyl (C=O) groups is 1. The van der Waals surface area contributed by atoms with Crippen molar-refractivity contribution in [3.05, 3.63) is 29.8 Å². The fourth-order valence-electron chi connectivity index (χ4n) is 2.70. The summed E-state index contributed by atoms with van der Waals surface area (Å²) in [5.41, 5.74) is 7.05. The lowest BCUT2D eigenvalue weighted by Gasteiger charge is -2.42. The summed E-state index contributed by atoms with van der Waals surface area (Å²) in [6, 6.07) is 7.86. The van der Waals surface area contributed by atoms with E-state index in [1.165, 1.54) is 6.42 Å². The zero-order chi connectivity index (χ0) is 14.8. The molecule has 1 saturated heterocycles. The van der Waals surface area contributed by atoms with Crippen molar-refractivity contribution in [2.45, 2.75) is 45.2 Å². The first-order valence-electron chi connectivity index (χ1n) is 7.28. The molecule has 1 atom stereocenters. The number of rotatable bonds is 3. The molecule has 110 valence electrons. The van der Waals surface area contributed by atoms with Crippen molar-refractivity contribution in [1.29, 1.82) is 0 Å². The van der Waals surface area contributed by atoms with E-state index >= 15 is 0 Å². The van der Waals surface area contributed by atoms with E-state index in [0.717, 1.165) is 25.2 Å². The molecule has 1 fully saturated rings. The zero-order valence-corrected chi connectivity index (χ0v) is 12.6. The Morgan fingerprint density at radius 2 is 2.15 bits per heavy atom. The molecule has 1 heterocycles. The number of anilines is 1. The van der Waals surface area contributed by atoms with Gasteiger partial charge >= 0.3 is 0 Å². The van der Waals surface area contributed by atoms with Crippen molar-refractivity contribution in [3.8, 4) is 0 Å². The maximum Gasteiger partial charge on any atom is 0.248 e. The molecule has 1 aromatic rings. The molecule has 1 unspecified atom stereocenters. The van der Waals surface area contributed by atoms with Crippen LogP contribution >= 0.6 is 0 Å². The van der Waals surface area contributed by atoms with Crippen molar-refractivity contribution in [2.24, 2.45) is 5.73 Å². The van der Waals surface area contributed by atoms with Gasteiger partial charge in [-0.05, 0) is 58.4 Å². The maximum atomic E-state index is 11.2. The van der Waals surface area contributed by atoms with Crippen LogP contribution in [0.1, 0.15) is 44.0 Å². The van der Waals surface area contributed by atoms with Crippen molar-refractivity contribution in [1.82, 2.24) is 4.90 Å². The Morgan fingerprint density at radius 1 is 1.40 bits per heavy atom. The van der Waals surface area contributed by atoms with Crippen molar-refractivity contribution in [2.75, 3.05) is 18.4 Å². The predicted octanol–water partition coefficient (Wildman–Crippen LogP) is 2.46. The number of carbonyl (C=O) groups excluding carboxylic acids is 1. The summed E-state index contributed by atoms with van der Waals surface area (Å²) < 4.78 is 0. The Labute approximate surface area is 121 Å². The van der Waals surface area contributed by atoms with Crippen LogP contribution in [-0.2, 0) is 0 Å². The smallest absolute Gasteiger partial charge is 0.248 e. The topological polar surface area (TPSA) is 58.4 Å². The highest BCUT2D eigenvalue weighted by atomic mass is 16.1. The molecular weight excluding hydrogens is 250 g/mol. The number of nitrogens with one attached hydrogen (secondary N) is 1. The van der Waals surface area contributed by atoms with Gasteiger partial charge in [-0.2, -0.15) is 0 Å². The Morgan fingerprint density at radius 3 is 2.80 bits per heavy atom. The molecule has 0 aliphatic carbocycles. The third kappa shape index (κ3) is 3.73. The summed E-state index contributed by atoms with van der Waals surface area (Å²) in [7, 11) is 0. The van der Waals surface area contributed by atoms with Crippen LogP contribution in [0, 0.1) is 0 Å². The van der Waals surface area contributed by atoms with Crippen LogP contribution in [0.4, 0.5) is 5.69 Å². The molecule has 0 bridgehead atoms. The second kappa shape index (κ2) is 5.83. The first kappa shape index (κ1) is 14.9. The standard InChI is InChI=1S/C16H25N3O/c1-16(2,3)19-9-5-8-14(11-19)18-13-7-4-6-12(10-13)15(17)20/h4,6-7,10,14,18H,5,8-9,11H2,1-3H3,(H2,17,20). The predicted molar refractivity (Wildman–Crippen MR) is 82.9 cm³/mol. The molecule has 4 heteroatoms. The number of primary amides is 1. The monoisotopic (exact) mass is 275 g/mol. The maximum absolute atomic E-state index is 11.2. The fraction of sp³-hybridized carbons (Fsp3) is 0.562. The Balaban J connectivity index is 2.03.